The van der Waals surface area contributed by atoms with Crippen molar-refractivity contribution in [1.82, 2.24) is 19.6 Å². The van der Waals surface area contributed by atoms with Crippen molar-refractivity contribution in [2.45, 2.75) is 6.92 Å². The number of nitrogens with one attached hydrogen (secondary N) is 1. The van der Waals surface area contributed by atoms with Gasteiger partial charge >= 0.3 is 5.97 Å². The molecule has 0 unspecified atom stereocenters. The standard InChI is InChI=1S/C13H11N5O2/c1-8-6-9(2-3-10(8)13(19)20)16-11-12-17-15-7-18(12)5-4-14-11/h2-7H,1H3,(H,14,16)(H,19,20). The van der Waals surface area contributed by atoms with Crippen LogP contribution in [-0.2, 0) is 0 Å². The molecule has 1 aromatic carbocycles. The molecule has 2 aromatic heterocycles. The molecule has 0 aliphatic carbocycles. The Bertz CT molecular complexity index is 796. The van der Waals surface area contributed by atoms with E-state index in [4.69, 9.17) is 5.11 Å². The summed E-state index contributed by atoms with van der Waals surface area (Å²) in [4.78, 5) is 15.2. The molecule has 0 amide bonds. The summed E-state index contributed by atoms with van der Waals surface area (Å²) in [6.07, 6.45) is 4.97. The summed E-state index contributed by atoms with van der Waals surface area (Å²) in [7, 11) is 0. The quantitative estimate of drug-likeness (QED) is 0.754. The highest BCUT2D eigenvalue weighted by molar-refractivity contribution is 5.90. The number of benzene rings is 1. The molecule has 0 bridgehead atoms. The lowest BCUT2D eigenvalue weighted by atomic mass is 10.1. The molecule has 7 nitrogen and oxygen atoms in total. The van der Waals surface area contributed by atoms with Crippen LogP contribution in [0.5, 0.6) is 0 Å². The van der Waals surface area contributed by atoms with Gasteiger partial charge in [-0.3, -0.25) is 4.40 Å². The van der Waals surface area contributed by atoms with Crippen LogP contribution in [0.15, 0.2) is 36.9 Å². The Hall–Kier alpha value is -2.96. The van der Waals surface area contributed by atoms with Gasteiger partial charge in [0, 0.05) is 18.1 Å². The lowest BCUT2D eigenvalue weighted by Gasteiger charge is -2.08. The van der Waals surface area contributed by atoms with E-state index in [0.29, 0.717) is 17.0 Å². The molecule has 20 heavy (non-hydrogen) atoms. The van der Waals surface area contributed by atoms with Gasteiger partial charge in [-0.1, -0.05) is 0 Å². The minimum atomic E-state index is -0.938. The average molecular weight is 269 g/mol. The Morgan fingerprint density at radius 3 is 3.00 bits per heavy atom. The highest BCUT2D eigenvalue weighted by atomic mass is 16.4. The van der Waals surface area contributed by atoms with Crippen molar-refractivity contribution >= 4 is 23.1 Å². The number of aromatic nitrogens is 4. The van der Waals surface area contributed by atoms with Crippen LogP contribution >= 0.6 is 0 Å². The number of aromatic carboxylic acids is 1. The molecule has 3 aromatic rings. The predicted octanol–water partition coefficient (Wildman–Crippen LogP) is 1.87. The van der Waals surface area contributed by atoms with E-state index in [2.05, 4.69) is 20.5 Å². The van der Waals surface area contributed by atoms with Crippen LogP contribution in [0.25, 0.3) is 5.65 Å². The monoisotopic (exact) mass is 269 g/mol. The Morgan fingerprint density at radius 1 is 1.40 bits per heavy atom. The fourth-order valence-electron chi connectivity index (χ4n) is 1.96. The maximum Gasteiger partial charge on any atom is 0.335 e. The number of fused-ring (bicyclic) bond motifs is 1. The smallest absolute Gasteiger partial charge is 0.335 e. The van der Waals surface area contributed by atoms with Gasteiger partial charge in [0.15, 0.2) is 5.82 Å². The summed E-state index contributed by atoms with van der Waals surface area (Å²) < 4.78 is 1.74. The maximum absolute atomic E-state index is 11.0. The molecule has 0 saturated carbocycles. The first kappa shape index (κ1) is 12.1. The van der Waals surface area contributed by atoms with Crippen LogP contribution in [0.2, 0.25) is 0 Å². The molecule has 0 spiro atoms. The van der Waals surface area contributed by atoms with E-state index < -0.39 is 5.97 Å². The molecule has 100 valence electrons. The first-order valence-electron chi connectivity index (χ1n) is 5.90. The Kier molecular flexibility index (Phi) is 2.79. The van der Waals surface area contributed by atoms with Crippen molar-refractivity contribution < 1.29 is 9.90 Å². The summed E-state index contributed by atoms with van der Waals surface area (Å²) in [5.41, 5.74) is 2.31. The maximum atomic E-state index is 11.0. The molecular formula is C13H11N5O2. The third-order valence-corrected chi connectivity index (χ3v) is 2.94. The fourth-order valence-corrected chi connectivity index (χ4v) is 1.96. The van der Waals surface area contributed by atoms with Crippen LogP contribution in [0, 0.1) is 6.92 Å². The third-order valence-electron chi connectivity index (χ3n) is 2.94. The minimum Gasteiger partial charge on any atom is -0.478 e. The van der Waals surface area contributed by atoms with E-state index in [9.17, 15) is 4.79 Å². The number of rotatable bonds is 3. The topological polar surface area (TPSA) is 92.4 Å². The number of anilines is 2. The molecule has 7 heteroatoms. The molecule has 0 atom stereocenters. The zero-order chi connectivity index (χ0) is 14.1. The van der Waals surface area contributed by atoms with Crippen molar-refractivity contribution in [3.05, 3.63) is 48.0 Å². The van der Waals surface area contributed by atoms with E-state index in [1.807, 2.05) is 0 Å². The van der Waals surface area contributed by atoms with Gasteiger partial charge in [0.05, 0.1) is 5.56 Å². The predicted molar refractivity (Wildman–Crippen MR) is 72.2 cm³/mol. The van der Waals surface area contributed by atoms with E-state index in [1.165, 1.54) is 0 Å². The zero-order valence-corrected chi connectivity index (χ0v) is 10.6. The first-order chi connectivity index (χ1) is 9.65. The van der Waals surface area contributed by atoms with Crippen molar-refractivity contribution in [2.24, 2.45) is 0 Å². The first-order valence-corrected chi connectivity index (χ1v) is 5.90. The number of hydrogen-bond donors (Lipinski definition) is 2. The molecule has 0 aliphatic rings. The van der Waals surface area contributed by atoms with Crippen molar-refractivity contribution in [3.63, 3.8) is 0 Å². The SMILES string of the molecule is Cc1cc(Nc2nccn3cnnc23)ccc1C(=O)O. The van der Waals surface area contributed by atoms with E-state index in [0.717, 1.165) is 5.69 Å². The number of hydrogen-bond acceptors (Lipinski definition) is 5. The van der Waals surface area contributed by atoms with Crippen molar-refractivity contribution in [3.8, 4) is 0 Å². The molecule has 2 heterocycles. The average Bonchev–Trinajstić information content (AvgIpc) is 2.87. The largest absolute Gasteiger partial charge is 0.478 e. The van der Waals surface area contributed by atoms with Gasteiger partial charge in [-0.2, -0.15) is 0 Å². The molecule has 0 saturated heterocycles. The highest BCUT2D eigenvalue weighted by Gasteiger charge is 2.09. The molecule has 3 rings (SSSR count). The number of carbonyl (C=O) groups is 1. The van der Waals surface area contributed by atoms with Crippen LogP contribution in [0.3, 0.4) is 0 Å². The van der Waals surface area contributed by atoms with Crippen LogP contribution in [0.1, 0.15) is 15.9 Å². The number of carboxylic acids is 1. The summed E-state index contributed by atoms with van der Waals surface area (Å²) in [5, 5.41) is 19.9. The number of nitrogens with zero attached hydrogens (tertiary/aromatic N) is 4. The van der Waals surface area contributed by atoms with E-state index >= 15 is 0 Å². The van der Waals surface area contributed by atoms with Crippen LogP contribution in [0.4, 0.5) is 11.5 Å². The summed E-state index contributed by atoms with van der Waals surface area (Å²) in [6, 6.07) is 5.01. The number of aryl methyl sites for hydroxylation is 1. The van der Waals surface area contributed by atoms with Gasteiger partial charge in [0.25, 0.3) is 0 Å². The number of carboxylic acid groups (broad SMARTS) is 1. The van der Waals surface area contributed by atoms with Gasteiger partial charge in [0.2, 0.25) is 5.65 Å². The van der Waals surface area contributed by atoms with Crippen LogP contribution < -0.4 is 5.32 Å². The van der Waals surface area contributed by atoms with Crippen molar-refractivity contribution in [2.75, 3.05) is 5.32 Å². The highest BCUT2D eigenvalue weighted by Crippen LogP contribution is 2.20. The van der Waals surface area contributed by atoms with Gasteiger partial charge in [-0.05, 0) is 30.7 Å². The second kappa shape index (κ2) is 4.61. The zero-order valence-electron chi connectivity index (χ0n) is 10.6. The fraction of sp³-hybridized carbons (Fsp3) is 0.0769. The summed E-state index contributed by atoms with van der Waals surface area (Å²) in [5.74, 6) is -0.376. The Balaban J connectivity index is 1.97. The van der Waals surface area contributed by atoms with Crippen LogP contribution in [-0.4, -0.2) is 30.7 Å². The molecular weight excluding hydrogens is 258 g/mol. The van der Waals surface area contributed by atoms with Gasteiger partial charge < -0.3 is 10.4 Å². The Labute approximate surface area is 113 Å². The lowest BCUT2D eigenvalue weighted by Crippen LogP contribution is -2.02. The lowest BCUT2D eigenvalue weighted by molar-refractivity contribution is 0.0696. The molecule has 2 N–H and O–H groups in total. The summed E-state index contributed by atoms with van der Waals surface area (Å²) in [6.45, 7) is 1.75. The summed E-state index contributed by atoms with van der Waals surface area (Å²) >= 11 is 0. The Morgan fingerprint density at radius 2 is 2.25 bits per heavy atom. The second-order valence-electron chi connectivity index (χ2n) is 4.30. The van der Waals surface area contributed by atoms with Gasteiger partial charge in [-0.25, -0.2) is 9.78 Å². The molecule has 0 fully saturated rings. The second-order valence-corrected chi connectivity index (χ2v) is 4.30. The molecule has 0 aliphatic heterocycles. The van der Waals surface area contributed by atoms with Crippen molar-refractivity contribution in [1.29, 1.82) is 0 Å². The third kappa shape index (κ3) is 2.05. The van der Waals surface area contributed by atoms with E-state index in [1.54, 1.807) is 48.2 Å². The molecule has 0 radical (unpaired) electrons. The normalized spacial score (nSPS) is 10.7. The van der Waals surface area contributed by atoms with Gasteiger partial charge in [-0.15, -0.1) is 10.2 Å². The van der Waals surface area contributed by atoms with Gasteiger partial charge in [0.1, 0.15) is 6.33 Å². The minimum absolute atomic E-state index is 0.282. The van der Waals surface area contributed by atoms with E-state index in [-0.39, 0.29) is 5.56 Å².